The van der Waals surface area contributed by atoms with Gasteiger partial charge in [0.15, 0.2) is 0 Å². The molecule has 0 aliphatic carbocycles. The fraction of sp³-hybridized carbons (Fsp3) is 0. The number of halogens is 2. The number of rotatable bonds is 4. The molecule has 0 amide bonds. The lowest BCUT2D eigenvalue weighted by molar-refractivity contribution is -0.384. The molecule has 138 valence electrons. The summed E-state index contributed by atoms with van der Waals surface area (Å²) >= 11 is 12.0. The lowest BCUT2D eigenvalue weighted by atomic mass is 10.1. The molecule has 4 aromatic rings. The molecule has 0 spiro atoms. The average Bonchev–Trinajstić information content (AvgIpc) is 3.14. The van der Waals surface area contributed by atoms with Crippen LogP contribution >= 0.6 is 23.2 Å². The van der Waals surface area contributed by atoms with Crippen molar-refractivity contribution in [2.75, 3.05) is 0 Å². The van der Waals surface area contributed by atoms with Gasteiger partial charge in [-0.3, -0.25) is 10.1 Å². The van der Waals surface area contributed by atoms with Crippen molar-refractivity contribution in [2.45, 2.75) is 0 Å². The summed E-state index contributed by atoms with van der Waals surface area (Å²) in [5.41, 5.74) is 3.93. The number of hydrogen-bond donors (Lipinski definition) is 1. The number of non-ortho nitro benzene ring substituents is 1. The van der Waals surface area contributed by atoms with Crippen LogP contribution in [0.15, 0.2) is 72.8 Å². The second kappa shape index (κ2) is 7.46. The fourth-order valence-electron chi connectivity index (χ4n) is 2.92. The summed E-state index contributed by atoms with van der Waals surface area (Å²) in [6, 6.07) is 21.1. The smallest absolute Gasteiger partial charge is 0.270 e. The van der Waals surface area contributed by atoms with Gasteiger partial charge in [-0.05, 0) is 24.3 Å². The molecule has 7 heteroatoms. The van der Waals surface area contributed by atoms with Crippen molar-refractivity contribution in [1.29, 1.82) is 0 Å². The third-order valence-electron chi connectivity index (χ3n) is 4.28. The Kier molecular flexibility index (Phi) is 4.86. The monoisotopic (exact) mass is 409 g/mol. The Morgan fingerprint density at radius 3 is 2.04 bits per heavy atom. The van der Waals surface area contributed by atoms with Crippen molar-refractivity contribution in [3.8, 4) is 33.9 Å². The van der Waals surface area contributed by atoms with Gasteiger partial charge in [0.25, 0.3) is 5.69 Å². The normalized spacial score (nSPS) is 10.8. The minimum absolute atomic E-state index is 0.00925. The molecular weight excluding hydrogens is 397 g/mol. The Balaban J connectivity index is 1.89. The molecule has 0 atom stereocenters. The van der Waals surface area contributed by atoms with Gasteiger partial charge in [0, 0.05) is 38.9 Å². The van der Waals surface area contributed by atoms with Crippen LogP contribution in [0.25, 0.3) is 33.9 Å². The SMILES string of the molecule is O=[N+]([O-])c1cccc(-c2nc(-c3ccc(Cl)cc3)c(-c3ccc(Cl)cc3)[nH]2)c1. The molecule has 28 heavy (non-hydrogen) atoms. The Hall–Kier alpha value is -3.15. The molecule has 0 aliphatic rings. The van der Waals surface area contributed by atoms with Crippen LogP contribution in [0.5, 0.6) is 0 Å². The molecule has 3 aromatic carbocycles. The van der Waals surface area contributed by atoms with Gasteiger partial charge in [-0.1, -0.05) is 59.6 Å². The van der Waals surface area contributed by atoms with Gasteiger partial charge in [-0.15, -0.1) is 0 Å². The van der Waals surface area contributed by atoms with Gasteiger partial charge in [-0.25, -0.2) is 4.98 Å². The lowest BCUT2D eigenvalue weighted by Gasteiger charge is -2.03. The third kappa shape index (κ3) is 3.63. The first kappa shape index (κ1) is 18.2. The van der Waals surface area contributed by atoms with E-state index >= 15 is 0 Å². The number of imidazole rings is 1. The number of nitro benzene ring substituents is 1. The zero-order valence-corrected chi connectivity index (χ0v) is 15.9. The Labute approximate surface area is 170 Å². The first-order valence-electron chi connectivity index (χ1n) is 8.38. The number of benzene rings is 3. The zero-order chi connectivity index (χ0) is 19.7. The molecule has 1 heterocycles. The highest BCUT2D eigenvalue weighted by atomic mass is 35.5. The lowest BCUT2D eigenvalue weighted by Crippen LogP contribution is -1.88. The van der Waals surface area contributed by atoms with E-state index < -0.39 is 4.92 Å². The van der Waals surface area contributed by atoms with Crippen LogP contribution in [0, 0.1) is 10.1 Å². The highest BCUT2D eigenvalue weighted by Gasteiger charge is 2.17. The van der Waals surface area contributed by atoms with E-state index in [1.165, 1.54) is 12.1 Å². The van der Waals surface area contributed by atoms with E-state index in [0.717, 1.165) is 22.5 Å². The number of nitrogens with zero attached hydrogens (tertiary/aromatic N) is 2. The quantitative estimate of drug-likeness (QED) is 0.303. The maximum atomic E-state index is 11.1. The molecule has 1 N–H and O–H groups in total. The van der Waals surface area contributed by atoms with Crippen LogP contribution in [-0.4, -0.2) is 14.9 Å². The van der Waals surface area contributed by atoms with E-state index in [4.69, 9.17) is 28.2 Å². The highest BCUT2D eigenvalue weighted by molar-refractivity contribution is 6.31. The fourth-order valence-corrected chi connectivity index (χ4v) is 3.17. The van der Waals surface area contributed by atoms with Crippen molar-refractivity contribution in [2.24, 2.45) is 0 Å². The molecule has 0 bridgehead atoms. The summed E-state index contributed by atoms with van der Waals surface area (Å²) in [6.45, 7) is 0. The van der Waals surface area contributed by atoms with Crippen LogP contribution in [-0.2, 0) is 0 Å². The number of nitro groups is 1. The third-order valence-corrected chi connectivity index (χ3v) is 4.79. The minimum Gasteiger partial charge on any atom is -0.337 e. The van der Waals surface area contributed by atoms with Crippen molar-refractivity contribution >= 4 is 28.9 Å². The molecule has 0 unspecified atom stereocenters. The van der Waals surface area contributed by atoms with Crippen LogP contribution in [0.4, 0.5) is 5.69 Å². The summed E-state index contributed by atoms with van der Waals surface area (Å²) < 4.78 is 0. The molecule has 0 saturated heterocycles. The number of aromatic nitrogens is 2. The van der Waals surface area contributed by atoms with E-state index in [-0.39, 0.29) is 5.69 Å². The van der Waals surface area contributed by atoms with E-state index in [1.807, 2.05) is 24.3 Å². The van der Waals surface area contributed by atoms with Gasteiger partial charge in [0.2, 0.25) is 0 Å². The molecule has 1 aromatic heterocycles. The van der Waals surface area contributed by atoms with Crippen molar-refractivity contribution in [3.63, 3.8) is 0 Å². The Bertz CT molecular complexity index is 1090. The largest absolute Gasteiger partial charge is 0.337 e. The predicted molar refractivity (Wildman–Crippen MR) is 112 cm³/mol. The van der Waals surface area contributed by atoms with Gasteiger partial charge in [0.1, 0.15) is 5.82 Å². The molecule has 0 fully saturated rings. The maximum absolute atomic E-state index is 11.1. The van der Waals surface area contributed by atoms with E-state index in [0.29, 0.717) is 21.4 Å². The predicted octanol–water partition coefficient (Wildman–Crippen LogP) is 6.63. The minimum atomic E-state index is -0.424. The van der Waals surface area contributed by atoms with Crippen molar-refractivity contribution < 1.29 is 4.92 Å². The molecule has 0 radical (unpaired) electrons. The average molecular weight is 410 g/mol. The second-order valence-corrected chi connectivity index (χ2v) is 7.00. The van der Waals surface area contributed by atoms with Gasteiger partial charge in [-0.2, -0.15) is 0 Å². The maximum Gasteiger partial charge on any atom is 0.270 e. The number of nitrogens with one attached hydrogen (secondary N) is 1. The number of H-pyrrole nitrogens is 1. The zero-order valence-electron chi connectivity index (χ0n) is 14.4. The van der Waals surface area contributed by atoms with Crippen LogP contribution in [0.1, 0.15) is 0 Å². The van der Waals surface area contributed by atoms with E-state index in [9.17, 15) is 10.1 Å². The topological polar surface area (TPSA) is 71.8 Å². The van der Waals surface area contributed by atoms with Crippen molar-refractivity contribution in [1.82, 2.24) is 9.97 Å². The molecule has 5 nitrogen and oxygen atoms in total. The standard InChI is InChI=1S/C21H13Cl2N3O2/c22-16-8-4-13(5-9-16)19-20(14-6-10-17(23)11-7-14)25-21(24-19)15-2-1-3-18(12-15)26(27)28/h1-12H,(H,24,25). The Morgan fingerprint density at radius 2 is 1.43 bits per heavy atom. The molecule has 0 aliphatic heterocycles. The second-order valence-electron chi connectivity index (χ2n) is 6.13. The molecular formula is C21H13Cl2N3O2. The first-order chi connectivity index (χ1) is 13.5. The molecule has 4 rings (SSSR count). The molecule has 0 saturated carbocycles. The summed E-state index contributed by atoms with van der Waals surface area (Å²) in [5.74, 6) is 0.540. The van der Waals surface area contributed by atoms with E-state index in [2.05, 4.69) is 4.98 Å². The van der Waals surface area contributed by atoms with Gasteiger partial charge >= 0.3 is 0 Å². The number of aromatic amines is 1. The van der Waals surface area contributed by atoms with Crippen LogP contribution < -0.4 is 0 Å². The summed E-state index contributed by atoms with van der Waals surface area (Å²) in [6.07, 6.45) is 0. The van der Waals surface area contributed by atoms with Crippen LogP contribution in [0.3, 0.4) is 0 Å². The summed E-state index contributed by atoms with van der Waals surface area (Å²) in [4.78, 5) is 18.7. The highest BCUT2D eigenvalue weighted by Crippen LogP contribution is 2.34. The first-order valence-corrected chi connectivity index (χ1v) is 9.13. The van der Waals surface area contributed by atoms with Gasteiger partial charge in [0.05, 0.1) is 16.3 Å². The summed E-state index contributed by atoms with van der Waals surface area (Å²) in [7, 11) is 0. The number of hydrogen-bond acceptors (Lipinski definition) is 3. The van der Waals surface area contributed by atoms with Crippen molar-refractivity contribution in [3.05, 3.63) is 93.0 Å². The van der Waals surface area contributed by atoms with Gasteiger partial charge < -0.3 is 4.98 Å². The van der Waals surface area contributed by atoms with Crippen LogP contribution in [0.2, 0.25) is 10.0 Å². The Morgan fingerprint density at radius 1 is 0.821 bits per heavy atom. The summed E-state index contributed by atoms with van der Waals surface area (Å²) in [5, 5.41) is 12.4. The van der Waals surface area contributed by atoms with E-state index in [1.54, 1.807) is 36.4 Å².